The minimum atomic E-state index is 0.954. The van der Waals surface area contributed by atoms with Gasteiger partial charge in [-0.1, -0.05) is 158 Å². The lowest BCUT2D eigenvalue weighted by molar-refractivity contribution is 0.984. The van der Waals surface area contributed by atoms with Crippen LogP contribution in [0.4, 0.5) is 0 Å². The Balaban J connectivity index is 0.994. The van der Waals surface area contributed by atoms with Crippen molar-refractivity contribution in [3.8, 4) is 61.6 Å². The second kappa shape index (κ2) is 13.4. The standard InChI is InChI=1S/C59H38N2/c1-4-15-37(16-5-1)48-33-54-50(44-22-11-10-21-43(44)48)34-49(38-17-6-2-7-18-38)53-35-51-46-24-14-23-45-42(31-32-47(58(45)46)52(51)36-55(53)54)39-27-29-41(30-28-39)61-57-26-13-12-25-56(57)60-59(61)40-19-8-3-9-20-40/h1-13,15-22,24-36H,14,23H2. The number of benzene rings is 10. The van der Waals surface area contributed by atoms with Crippen molar-refractivity contribution in [3.05, 3.63) is 223 Å². The van der Waals surface area contributed by atoms with Crippen LogP contribution in [0, 0.1) is 0 Å². The quantitative estimate of drug-likeness (QED) is 0.159. The maximum absolute atomic E-state index is 5.09. The van der Waals surface area contributed by atoms with E-state index in [0.29, 0.717) is 0 Å². The molecule has 284 valence electrons. The number of rotatable bonds is 5. The van der Waals surface area contributed by atoms with Crippen LogP contribution in [0.1, 0.15) is 23.1 Å². The Morgan fingerprint density at radius 2 is 0.918 bits per heavy atom. The van der Waals surface area contributed by atoms with Crippen LogP contribution in [0.25, 0.3) is 111 Å². The van der Waals surface area contributed by atoms with Gasteiger partial charge in [-0.05, 0) is 160 Å². The maximum atomic E-state index is 5.09. The van der Waals surface area contributed by atoms with Crippen molar-refractivity contribution in [1.82, 2.24) is 9.55 Å². The summed E-state index contributed by atoms with van der Waals surface area (Å²) in [4.78, 5) is 5.09. The molecule has 0 saturated heterocycles. The number of allylic oxidation sites excluding steroid dienone is 1. The van der Waals surface area contributed by atoms with E-state index in [1.54, 1.807) is 0 Å². The van der Waals surface area contributed by atoms with Crippen molar-refractivity contribution in [2.24, 2.45) is 0 Å². The Kier molecular flexibility index (Phi) is 7.46. The Labute approximate surface area is 354 Å². The van der Waals surface area contributed by atoms with Gasteiger partial charge in [0.25, 0.3) is 0 Å². The van der Waals surface area contributed by atoms with Crippen LogP contribution in [0.3, 0.4) is 0 Å². The zero-order valence-corrected chi connectivity index (χ0v) is 33.4. The van der Waals surface area contributed by atoms with Gasteiger partial charge in [-0.25, -0.2) is 4.98 Å². The molecular formula is C59H38N2. The predicted molar refractivity (Wildman–Crippen MR) is 256 cm³/mol. The number of nitrogens with zero attached hydrogens (tertiary/aromatic N) is 2. The van der Waals surface area contributed by atoms with E-state index in [1.807, 2.05) is 0 Å². The maximum Gasteiger partial charge on any atom is 0.145 e. The summed E-state index contributed by atoms with van der Waals surface area (Å²) in [5.41, 5.74) is 20.2. The van der Waals surface area contributed by atoms with Gasteiger partial charge in [0, 0.05) is 11.3 Å². The molecule has 2 nitrogen and oxygen atoms in total. The van der Waals surface area contributed by atoms with Gasteiger partial charge in [0.05, 0.1) is 11.0 Å². The second-order valence-corrected chi connectivity index (χ2v) is 16.5. The molecule has 0 amide bonds. The number of hydrogen-bond donors (Lipinski definition) is 0. The first-order chi connectivity index (χ1) is 30.3. The summed E-state index contributed by atoms with van der Waals surface area (Å²) in [5, 5.41) is 7.74. The van der Waals surface area contributed by atoms with Crippen molar-refractivity contribution in [2.45, 2.75) is 12.8 Å². The normalized spacial score (nSPS) is 12.9. The number of fused-ring (bicyclic) bond motifs is 9. The van der Waals surface area contributed by atoms with Crippen molar-refractivity contribution < 1.29 is 0 Å². The summed E-state index contributed by atoms with van der Waals surface area (Å²) >= 11 is 0. The van der Waals surface area contributed by atoms with Gasteiger partial charge < -0.3 is 0 Å². The molecule has 0 N–H and O–H groups in total. The van der Waals surface area contributed by atoms with E-state index < -0.39 is 0 Å². The first-order valence-electron chi connectivity index (χ1n) is 21.3. The Bertz CT molecular complexity index is 3600. The van der Waals surface area contributed by atoms with Gasteiger partial charge in [-0.15, -0.1) is 0 Å². The van der Waals surface area contributed by atoms with Crippen LogP contribution in [-0.2, 0) is 6.42 Å². The van der Waals surface area contributed by atoms with Crippen molar-refractivity contribution in [2.75, 3.05) is 0 Å². The molecule has 13 rings (SSSR count). The Hall–Kier alpha value is -7.81. The van der Waals surface area contributed by atoms with Crippen LogP contribution < -0.4 is 0 Å². The molecule has 2 aliphatic rings. The molecule has 0 bridgehead atoms. The number of imidazole rings is 1. The van der Waals surface area contributed by atoms with Gasteiger partial charge in [0.2, 0.25) is 0 Å². The van der Waals surface area contributed by atoms with Gasteiger partial charge in [-0.2, -0.15) is 0 Å². The Morgan fingerprint density at radius 3 is 1.66 bits per heavy atom. The molecule has 11 aromatic rings. The van der Waals surface area contributed by atoms with E-state index in [0.717, 1.165) is 41.0 Å². The van der Waals surface area contributed by atoms with Gasteiger partial charge in [0.15, 0.2) is 0 Å². The fourth-order valence-corrected chi connectivity index (χ4v) is 10.5. The number of hydrogen-bond acceptors (Lipinski definition) is 1. The molecule has 2 aliphatic carbocycles. The lowest BCUT2D eigenvalue weighted by Crippen LogP contribution is -2.01. The molecule has 0 saturated carbocycles. The Morgan fingerprint density at radius 1 is 0.377 bits per heavy atom. The van der Waals surface area contributed by atoms with Crippen molar-refractivity contribution in [3.63, 3.8) is 0 Å². The SMILES string of the molecule is C1=C2c3cc4c(-c5ccccc5)cc5c6ccccc6c(-c6ccccc6)cc5c4cc3-c3ccc(-c4ccc(-n5c(-c6ccccc6)nc6ccccc65)cc4)c(c32)CC1. The van der Waals surface area contributed by atoms with E-state index in [9.17, 15) is 0 Å². The van der Waals surface area contributed by atoms with E-state index in [4.69, 9.17) is 4.98 Å². The van der Waals surface area contributed by atoms with E-state index in [2.05, 4.69) is 211 Å². The molecule has 2 heteroatoms. The molecule has 0 atom stereocenters. The van der Waals surface area contributed by atoms with Crippen LogP contribution in [0.5, 0.6) is 0 Å². The summed E-state index contributed by atoms with van der Waals surface area (Å²) in [6, 6.07) is 73.6. The third kappa shape index (κ3) is 5.19. The molecule has 1 heterocycles. The third-order valence-electron chi connectivity index (χ3n) is 13.2. The van der Waals surface area contributed by atoms with Crippen LogP contribution in [0.15, 0.2) is 206 Å². The average Bonchev–Trinajstić information content (AvgIpc) is 3.88. The summed E-state index contributed by atoms with van der Waals surface area (Å²) in [5.74, 6) is 0.954. The largest absolute Gasteiger partial charge is 0.292 e. The zero-order chi connectivity index (χ0) is 40.0. The third-order valence-corrected chi connectivity index (χ3v) is 13.2. The highest BCUT2D eigenvalue weighted by molar-refractivity contribution is 6.25. The average molecular weight is 775 g/mol. The minimum absolute atomic E-state index is 0.954. The highest BCUT2D eigenvalue weighted by atomic mass is 15.1. The monoisotopic (exact) mass is 774 g/mol. The summed E-state index contributed by atoms with van der Waals surface area (Å²) < 4.78 is 2.29. The molecule has 0 aliphatic heterocycles. The van der Waals surface area contributed by atoms with Gasteiger partial charge in [0.1, 0.15) is 5.82 Å². The molecule has 1 aromatic heterocycles. The van der Waals surface area contributed by atoms with E-state index >= 15 is 0 Å². The topological polar surface area (TPSA) is 17.8 Å². The van der Waals surface area contributed by atoms with Crippen LogP contribution in [0.2, 0.25) is 0 Å². The van der Waals surface area contributed by atoms with Gasteiger partial charge in [-0.3, -0.25) is 4.57 Å². The molecule has 61 heavy (non-hydrogen) atoms. The van der Waals surface area contributed by atoms with E-state index in [-0.39, 0.29) is 0 Å². The number of para-hydroxylation sites is 2. The lowest BCUT2D eigenvalue weighted by Gasteiger charge is -2.20. The van der Waals surface area contributed by atoms with Crippen LogP contribution in [-0.4, -0.2) is 9.55 Å². The molecule has 0 radical (unpaired) electrons. The molecule has 0 spiro atoms. The fourth-order valence-electron chi connectivity index (χ4n) is 10.5. The summed E-state index contributed by atoms with van der Waals surface area (Å²) in [6.45, 7) is 0. The molecule has 10 aromatic carbocycles. The molecular weight excluding hydrogens is 737 g/mol. The summed E-state index contributed by atoms with van der Waals surface area (Å²) in [7, 11) is 0. The van der Waals surface area contributed by atoms with Crippen molar-refractivity contribution >= 4 is 48.9 Å². The highest BCUT2D eigenvalue weighted by Gasteiger charge is 2.31. The second-order valence-electron chi connectivity index (χ2n) is 16.5. The summed E-state index contributed by atoms with van der Waals surface area (Å²) in [6.07, 6.45) is 4.54. The first kappa shape index (κ1) is 34.1. The van der Waals surface area contributed by atoms with Crippen molar-refractivity contribution in [1.29, 1.82) is 0 Å². The first-order valence-corrected chi connectivity index (χ1v) is 21.3. The number of aromatic nitrogens is 2. The highest BCUT2D eigenvalue weighted by Crippen LogP contribution is 2.53. The minimum Gasteiger partial charge on any atom is -0.292 e. The lowest BCUT2D eigenvalue weighted by atomic mass is 9.84. The molecule has 0 unspecified atom stereocenters. The predicted octanol–water partition coefficient (Wildman–Crippen LogP) is 15.5. The fraction of sp³-hybridized carbons (Fsp3) is 0.0339. The zero-order valence-electron chi connectivity index (χ0n) is 33.4. The molecule has 0 fully saturated rings. The van der Waals surface area contributed by atoms with Crippen LogP contribution >= 0.6 is 0 Å². The smallest absolute Gasteiger partial charge is 0.145 e. The van der Waals surface area contributed by atoms with E-state index in [1.165, 1.54) is 99.1 Å². The van der Waals surface area contributed by atoms with Gasteiger partial charge >= 0.3 is 0 Å².